The third-order valence-electron chi connectivity index (χ3n) is 5.93. The standard InChI is InChI=1S/C26H30N6O5S/c1-17-24(25(33)27-2)21-10-9-20(16-22(21)36-17)37-23-11-12-28-26(30-23)29-18-7-6-8-19(15-18)32(5)13-14-38(34,35)31(3)4/h6-12,15-16H,13-14H2,1-5H3,(H,27,33)(H,28,29,30). The fourth-order valence-electron chi connectivity index (χ4n) is 3.76. The van der Waals surface area contributed by atoms with Gasteiger partial charge in [0.15, 0.2) is 0 Å². The number of ether oxygens (including phenoxy) is 1. The number of nitrogens with one attached hydrogen (secondary N) is 2. The minimum absolute atomic E-state index is 0.00707. The van der Waals surface area contributed by atoms with Crippen molar-refractivity contribution >= 4 is 44.2 Å². The molecule has 2 aromatic carbocycles. The van der Waals surface area contributed by atoms with Crippen LogP contribution in [-0.4, -0.2) is 69.1 Å². The van der Waals surface area contributed by atoms with E-state index in [1.807, 2.05) is 36.2 Å². The second-order valence-corrected chi connectivity index (χ2v) is 11.1. The Morgan fingerprint density at radius 3 is 2.63 bits per heavy atom. The number of amides is 1. The third kappa shape index (κ3) is 6.03. The molecule has 0 fully saturated rings. The number of nitrogens with zero attached hydrogens (tertiary/aromatic N) is 4. The number of hydrogen-bond acceptors (Lipinski definition) is 9. The number of fused-ring (bicyclic) bond motifs is 1. The van der Waals surface area contributed by atoms with E-state index in [1.54, 1.807) is 44.4 Å². The van der Waals surface area contributed by atoms with Crippen LogP contribution >= 0.6 is 0 Å². The maximum atomic E-state index is 12.2. The van der Waals surface area contributed by atoms with Gasteiger partial charge in [0.25, 0.3) is 5.91 Å². The van der Waals surface area contributed by atoms with Crippen molar-refractivity contribution in [3.63, 3.8) is 0 Å². The second kappa shape index (κ2) is 11.1. The molecule has 2 N–H and O–H groups in total. The van der Waals surface area contributed by atoms with E-state index >= 15 is 0 Å². The molecule has 0 aliphatic carbocycles. The average molecular weight is 539 g/mol. The van der Waals surface area contributed by atoms with Gasteiger partial charge < -0.3 is 24.7 Å². The van der Waals surface area contributed by atoms with Crippen molar-refractivity contribution in [1.82, 2.24) is 19.6 Å². The number of furan rings is 1. The van der Waals surface area contributed by atoms with Crippen LogP contribution < -0.4 is 20.3 Å². The SMILES string of the molecule is CNC(=O)c1c(C)oc2cc(Oc3ccnc(Nc4cccc(N(C)CCS(=O)(=O)N(C)C)c4)n3)ccc12. The molecule has 0 atom stereocenters. The summed E-state index contributed by atoms with van der Waals surface area (Å²) in [6.07, 6.45) is 1.58. The number of hydrogen-bond donors (Lipinski definition) is 2. The van der Waals surface area contributed by atoms with Gasteiger partial charge in [-0.3, -0.25) is 4.79 Å². The van der Waals surface area contributed by atoms with Crippen LogP contribution in [0.15, 0.2) is 59.1 Å². The Bertz CT molecular complexity index is 1570. The highest BCUT2D eigenvalue weighted by molar-refractivity contribution is 7.89. The van der Waals surface area contributed by atoms with Crippen LogP contribution in [0.4, 0.5) is 17.3 Å². The normalized spacial score (nSPS) is 11.5. The molecule has 1 amide bonds. The molecule has 0 spiro atoms. The van der Waals surface area contributed by atoms with E-state index < -0.39 is 10.0 Å². The van der Waals surface area contributed by atoms with E-state index in [9.17, 15) is 13.2 Å². The Kier molecular flexibility index (Phi) is 7.83. The van der Waals surface area contributed by atoms with Crippen molar-refractivity contribution in [2.24, 2.45) is 0 Å². The smallest absolute Gasteiger partial charge is 0.255 e. The molecule has 0 saturated carbocycles. The summed E-state index contributed by atoms with van der Waals surface area (Å²) in [4.78, 5) is 22.7. The number of benzene rings is 2. The van der Waals surface area contributed by atoms with E-state index in [0.717, 1.165) is 11.4 Å². The van der Waals surface area contributed by atoms with Crippen LogP contribution in [0, 0.1) is 6.92 Å². The number of aromatic nitrogens is 2. The average Bonchev–Trinajstić information content (AvgIpc) is 3.22. The molecular formula is C26H30N6O5S. The Morgan fingerprint density at radius 2 is 1.89 bits per heavy atom. The minimum atomic E-state index is -3.29. The predicted molar refractivity (Wildman–Crippen MR) is 147 cm³/mol. The molecule has 0 radical (unpaired) electrons. The van der Waals surface area contributed by atoms with Crippen molar-refractivity contribution < 1.29 is 22.4 Å². The summed E-state index contributed by atoms with van der Waals surface area (Å²) >= 11 is 0. The summed E-state index contributed by atoms with van der Waals surface area (Å²) in [7, 11) is 3.17. The molecule has 0 unspecified atom stereocenters. The Hall–Kier alpha value is -4.16. The van der Waals surface area contributed by atoms with Gasteiger partial charge in [0, 0.05) is 69.8 Å². The Morgan fingerprint density at radius 1 is 1.11 bits per heavy atom. The fraction of sp³-hybridized carbons (Fsp3) is 0.269. The number of carbonyl (C=O) groups is 1. The van der Waals surface area contributed by atoms with Gasteiger partial charge in [0.1, 0.15) is 17.1 Å². The molecule has 12 heteroatoms. The van der Waals surface area contributed by atoms with Crippen molar-refractivity contribution in [3.8, 4) is 11.6 Å². The first-order chi connectivity index (χ1) is 18.1. The van der Waals surface area contributed by atoms with Gasteiger partial charge in [-0.2, -0.15) is 4.98 Å². The monoisotopic (exact) mass is 538 g/mol. The highest BCUT2D eigenvalue weighted by Crippen LogP contribution is 2.31. The number of sulfonamides is 1. The lowest BCUT2D eigenvalue weighted by Gasteiger charge is -2.21. The molecule has 0 saturated heterocycles. The van der Waals surface area contributed by atoms with Crippen LogP contribution in [0.5, 0.6) is 11.6 Å². The van der Waals surface area contributed by atoms with Crippen LogP contribution in [-0.2, 0) is 10.0 Å². The molecule has 0 aliphatic heterocycles. The first kappa shape index (κ1) is 26.9. The summed E-state index contributed by atoms with van der Waals surface area (Å²) in [6.45, 7) is 2.08. The van der Waals surface area contributed by atoms with Crippen molar-refractivity contribution in [1.29, 1.82) is 0 Å². The fourth-order valence-corrected chi connectivity index (χ4v) is 4.63. The van der Waals surface area contributed by atoms with Gasteiger partial charge in [-0.1, -0.05) is 6.07 Å². The summed E-state index contributed by atoms with van der Waals surface area (Å²) in [5.41, 5.74) is 2.60. The van der Waals surface area contributed by atoms with Gasteiger partial charge in [-0.15, -0.1) is 0 Å². The lowest BCUT2D eigenvalue weighted by Crippen LogP contribution is -2.32. The van der Waals surface area contributed by atoms with Gasteiger partial charge in [-0.25, -0.2) is 17.7 Å². The highest BCUT2D eigenvalue weighted by atomic mass is 32.2. The highest BCUT2D eigenvalue weighted by Gasteiger charge is 2.18. The van der Waals surface area contributed by atoms with Gasteiger partial charge >= 0.3 is 0 Å². The van der Waals surface area contributed by atoms with Crippen LogP contribution in [0.3, 0.4) is 0 Å². The molecule has 4 aromatic rings. The zero-order chi connectivity index (χ0) is 27.4. The van der Waals surface area contributed by atoms with Gasteiger partial charge in [0.2, 0.25) is 21.9 Å². The van der Waals surface area contributed by atoms with Crippen LogP contribution in [0.1, 0.15) is 16.1 Å². The Balaban J connectivity index is 1.46. The zero-order valence-electron chi connectivity index (χ0n) is 21.8. The van der Waals surface area contributed by atoms with Crippen LogP contribution in [0.2, 0.25) is 0 Å². The molecular weight excluding hydrogens is 508 g/mol. The van der Waals surface area contributed by atoms with Crippen molar-refractivity contribution in [2.75, 3.05) is 50.7 Å². The maximum Gasteiger partial charge on any atom is 0.255 e. The van der Waals surface area contributed by atoms with Crippen LogP contribution in [0.25, 0.3) is 11.0 Å². The molecule has 38 heavy (non-hydrogen) atoms. The topological polar surface area (TPSA) is 130 Å². The lowest BCUT2D eigenvalue weighted by atomic mass is 10.1. The summed E-state index contributed by atoms with van der Waals surface area (Å²) in [5.74, 6) is 1.46. The minimum Gasteiger partial charge on any atom is -0.460 e. The lowest BCUT2D eigenvalue weighted by molar-refractivity contribution is 0.0963. The Labute approximate surface area is 221 Å². The largest absolute Gasteiger partial charge is 0.460 e. The van der Waals surface area contributed by atoms with E-state index in [2.05, 4.69) is 20.6 Å². The van der Waals surface area contributed by atoms with Gasteiger partial charge in [0.05, 0.1) is 11.3 Å². The zero-order valence-corrected chi connectivity index (χ0v) is 22.7. The molecule has 11 nitrogen and oxygen atoms in total. The first-order valence-electron chi connectivity index (χ1n) is 11.8. The number of anilines is 3. The predicted octanol–water partition coefficient (Wildman–Crippen LogP) is 3.75. The maximum absolute atomic E-state index is 12.2. The molecule has 200 valence electrons. The molecule has 2 aromatic heterocycles. The molecule has 4 rings (SSSR count). The van der Waals surface area contributed by atoms with Crippen molar-refractivity contribution in [2.45, 2.75) is 6.92 Å². The summed E-state index contributed by atoms with van der Waals surface area (Å²) < 4.78 is 37.1. The second-order valence-electron chi connectivity index (χ2n) is 8.79. The quantitative estimate of drug-likeness (QED) is 0.310. The number of rotatable bonds is 10. The molecule has 0 aliphatic rings. The molecule has 2 heterocycles. The summed E-state index contributed by atoms with van der Waals surface area (Å²) in [5, 5.41) is 6.48. The number of aryl methyl sites for hydroxylation is 1. The summed E-state index contributed by atoms with van der Waals surface area (Å²) in [6, 6.07) is 14.4. The van der Waals surface area contributed by atoms with E-state index in [-0.39, 0.29) is 11.7 Å². The van der Waals surface area contributed by atoms with E-state index in [4.69, 9.17) is 9.15 Å². The first-order valence-corrected chi connectivity index (χ1v) is 13.4. The van der Waals surface area contributed by atoms with Gasteiger partial charge in [-0.05, 0) is 37.3 Å². The third-order valence-corrected chi connectivity index (χ3v) is 7.74. The molecule has 0 bridgehead atoms. The van der Waals surface area contributed by atoms with Crippen molar-refractivity contribution in [3.05, 3.63) is 66.1 Å². The van der Waals surface area contributed by atoms with E-state index in [1.165, 1.54) is 18.4 Å². The van der Waals surface area contributed by atoms with E-state index in [0.29, 0.717) is 46.4 Å². The number of carbonyl (C=O) groups excluding carboxylic acids is 1.